The van der Waals surface area contributed by atoms with Gasteiger partial charge >= 0.3 is 0 Å². The maximum absolute atomic E-state index is 11.8. The fourth-order valence-electron chi connectivity index (χ4n) is 2.36. The molecule has 106 valence electrons. The molecule has 6 nitrogen and oxygen atoms in total. The van der Waals surface area contributed by atoms with Crippen molar-refractivity contribution in [3.63, 3.8) is 0 Å². The molecule has 1 fully saturated rings. The second kappa shape index (κ2) is 6.16. The maximum atomic E-state index is 11.8. The van der Waals surface area contributed by atoms with Gasteiger partial charge in [0.05, 0.1) is 12.2 Å². The number of hydrogen-bond acceptors (Lipinski definition) is 5. The van der Waals surface area contributed by atoms with Crippen LogP contribution in [-0.2, 0) is 4.74 Å². The molecule has 0 bridgehead atoms. The molecule has 0 aliphatic carbocycles. The van der Waals surface area contributed by atoms with E-state index in [2.05, 4.69) is 29.2 Å². The number of carbonyl (C=O) groups excluding carboxylic acids is 1. The topological polar surface area (TPSA) is 67.6 Å². The van der Waals surface area contributed by atoms with Gasteiger partial charge in [0.25, 0.3) is 5.91 Å². The molecule has 0 radical (unpaired) electrons. The number of carbonyl (C=O) groups is 1. The second-order valence-corrected chi connectivity index (χ2v) is 5.10. The van der Waals surface area contributed by atoms with E-state index in [-0.39, 0.29) is 18.1 Å². The number of amides is 1. The van der Waals surface area contributed by atoms with Gasteiger partial charge in [-0.15, -0.1) is 0 Å². The van der Waals surface area contributed by atoms with Gasteiger partial charge in [-0.1, -0.05) is 5.16 Å². The molecule has 2 atom stereocenters. The summed E-state index contributed by atoms with van der Waals surface area (Å²) < 4.78 is 10.5. The molecule has 0 aromatic carbocycles. The van der Waals surface area contributed by atoms with Crippen LogP contribution in [0.5, 0.6) is 0 Å². The van der Waals surface area contributed by atoms with Crippen molar-refractivity contribution in [2.75, 3.05) is 26.2 Å². The van der Waals surface area contributed by atoms with Crippen molar-refractivity contribution in [3.8, 4) is 0 Å². The van der Waals surface area contributed by atoms with E-state index in [9.17, 15) is 4.79 Å². The fourth-order valence-corrected chi connectivity index (χ4v) is 2.36. The quantitative estimate of drug-likeness (QED) is 0.875. The Morgan fingerprint density at radius 3 is 2.74 bits per heavy atom. The van der Waals surface area contributed by atoms with Gasteiger partial charge < -0.3 is 14.6 Å². The molecule has 1 saturated heterocycles. The number of hydrogen-bond donors (Lipinski definition) is 1. The first-order valence-corrected chi connectivity index (χ1v) is 6.64. The van der Waals surface area contributed by atoms with Gasteiger partial charge in [-0.3, -0.25) is 9.69 Å². The molecule has 1 aromatic heterocycles. The molecule has 19 heavy (non-hydrogen) atoms. The largest absolute Gasteiger partial charge is 0.373 e. The zero-order valence-electron chi connectivity index (χ0n) is 11.7. The summed E-state index contributed by atoms with van der Waals surface area (Å²) in [5, 5.41) is 6.53. The Labute approximate surface area is 113 Å². The normalized spacial score (nSPS) is 24.4. The van der Waals surface area contributed by atoms with E-state index in [0.717, 1.165) is 19.6 Å². The summed E-state index contributed by atoms with van der Waals surface area (Å²) in [4.78, 5) is 14.1. The second-order valence-electron chi connectivity index (χ2n) is 5.10. The molecule has 1 N–H and O–H groups in total. The molecule has 1 amide bonds. The Kier molecular flexibility index (Phi) is 4.55. The average molecular weight is 267 g/mol. The molecule has 1 aromatic rings. The summed E-state index contributed by atoms with van der Waals surface area (Å²) in [5.74, 6) is 0.451. The lowest BCUT2D eigenvalue weighted by Crippen LogP contribution is -2.47. The van der Waals surface area contributed by atoms with Crippen molar-refractivity contribution in [2.45, 2.75) is 33.0 Å². The number of ether oxygens (including phenoxy) is 1. The number of aromatic nitrogens is 1. The zero-order valence-corrected chi connectivity index (χ0v) is 11.7. The molecule has 0 spiro atoms. The number of aryl methyl sites for hydroxylation is 1. The summed E-state index contributed by atoms with van der Waals surface area (Å²) in [5.41, 5.74) is 0.334. The summed E-state index contributed by atoms with van der Waals surface area (Å²) >= 11 is 0. The molecule has 0 saturated carbocycles. The van der Waals surface area contributed by atoms with Crippen molar-refractivity contribution in [1.29, 1.82) is 0 Å². The standard InChI is InChI=1S/C13H21N3O3/c1-9-6-12(15-19-9)13(17)14-4-5-16-7-10(2)18-11(3)8-16/h6,10-11H,4-5,7-8H2,1-3H3,(H,14,17)/t10-,11-/m1/s1. The monoisotopic (exact) mass is 267 g/mol. The molecule has 2 heterocycles. The highest BCUT2D eigenvalue weighted by Gasteiger charge is 2.21. The van der Waals surface area contributed by atoms with Gasteiger partial charge in [0.1, 0.15) is 5.76 Å². The minimum Gasteiger partial charge on any atom is -0.373 e. The lowest BCUT2D eigenvalue weighted by molar-refractivity contribution is -0.0672. The first kappa shape index (κ1) is 14.0. The lowest BCUT2D eigenvalue weighted by atomic mass is 10.2. The number of morpholine rings is 1. The van der Waals surface area contributed by atoms with Crippen LogP contribution in [0.1, 0.15) is 30.1 Å². The van der Waals surface area contributed by atoms with Crippen molar-refractivity contribution in [1.82, 2.24) is 15.4 Å². The summed E-state index contributed by atoms with van der Waals surface area (Å²) in [6, 6.07) is 1.63. The van der Waals surface area contributed by atoms with Crippen LogP contribution >= 0.6 is 0 Å². The highest BCUT2D eigenvalue weighted by Crippen LogP contribution is 2.09. The third-order valence-corrected chi connectivity index (χ3v) is 3.07. The Morgan fingerprint density at radius 2 is 2.16 bits per heavy atom. The van der Waals surface area contributed by atoms with Gasteiger partial charge in [0.15, 0.2) is 5.69 Å². The first-order chi connectivity index (χ1) is 9.04. The van der Waals surface area contributed by atoms with E-state index in [0.29, 0.717) is 18.0 Å². The third kappa shape index (κ3) is 4.04. The summed E-state index contributed by atoms with van der Waals surface area (Å²) in [6.07, 6.45) is 0.496. The van der Waals surface area contributed by atoms with Gasteiger partial charge in [-0.2, -0.15) is 0 Å². The summed E-state index contributed by atoms with van der Waals surface area (Å²) in [7, 11) is 0. The highest BCUT2D eigenvalue weighted by molar-refractivity contribution is 5.92. The van der Waals surface area contributed by atoms with Crippen molar-refractivity contribution >= 4 is 5.91 Å². The molecule has 1 aliphatic rings. The molecule has 0 unspecified atom stereocenters. The molecule has 6 heteroatoms. The smallest absolute Gasteiger partial charge is 0.273 e. The van der Waals surface area contributed by atoms with Gasteiger partial charge in [0, 0.05) is 32.2 Å². The first-order valence-electron chi connectivity index (χ1n) is 6.64. The van der Waals surface area contributed by atoms with E-state index in [1.165, 1.54) is 0 Å². The molecule has 1 aliphatic heterocycles. The van der Waals surface area contributed by atoms with E-state index in [1.807, 2.05) is 0 Å². The van der Waals surface area contributed by atoms with Crippen LogP contribution in [0.2, 0.25) is 0 Å². The predicted octanol–water partition coefficient (Wildman–Crippen LogP) is 0.822. The van der Waals surface area contributed by atoms with Crippen LogP contribution in [0.3, 0.4) is 0 Å². The van der Waals surface area contributed by atoms with Crippen LogP contribution in [0.4, 0.5) is 0 Å². The number of nitrogens with one attached hydrogen (secondary N) is 1. The van der Waals surface area contributed by atoms with Crippen molar-refractivity contribution < 1.29 is 14.1 Å². The van der Waals surface area contributed by atoms with Gasteiger partial charge in [-0.25, -0.2) is 0 Å². The minimum atomic E-state index is -0.189. The molecular weight excluding hydrogens is 246 g/mol. The zero-order chi connectivity index (χ0) is 13.8. The van der Waals surface area contributed by atoms with Crippen LogP contribution < -0.4 is 5.32 Å². The van der Waals surface area contributed by atoms with Gasteiger partial charge in [0.2, 0.25) is 0 Å². The predicted molar refractivity (Wildman–Crippen MR) is 70.0 cm³/mol. The average Bonchev–Trinajstić information content (AvgIpc) is 2.74. The molecular formula is C13H21N3O3. The maximum Gasteiger partial charge on any atom is 0.273 e. The lowest BCUT2D eigenvalue weighted by Gasteiger charge is -2.35. The number of rotatable bonds is 4. The Morgan fingerprint density at radius 1 is 1.47 bits per heavy atom. The Hall–Kier alpha value is -1.40. The van der Waals surface area contributed by atoms with Crippen LogP contribution in [-0.4, -0.2) is 54.4 Å². The van der Waals surface area contributed by atoms with Gasteiger partial charge in [-0.05, 0) is 20.8 Å². The number of nitrogens with zero attached hydrogens (tertiary/aromatic N) is 2. The van der Waals surface area contributed by atoms with Crippen molar-refractivity contribution in [3.05, 3.63) is 17.5 Å². The Balaban J connectivity index is 1.73. The minimum absolute atomic E-state index is 0.189. The Bertz CT molecular complexity index is 423. The SMILES string of the molecule is Cc1cc(C(=O)NCCN2C[C@@H](C)O[C@H](C)C2)no1. The van der Waals surface area contributed by atoms with E-state index in [1.54, 1.807) is 13.0 Å². The van der Waals surface area contributed by atoms with Crippen LogP contribution in [0.15, 0.2) is 10.6 Å². The highest BCUT2D eigenvalue weighted by atomic mass is 16.5. The van der Waals surface area contributed by atoms with E-state index >= 15 is 0 Å². The van der Waals surface area contributed by atoms with Crippen LogP contribution in [0.25, 0.3) is 0 Å². The fraction of sp³-hybridized carbons (Fsp3) is 0.692. The van der Waals surface area contributed by atoms with Crippen molar-refractivity contribution in [2.24, 2.45) is 0 Å². The van der Waals surface area contributed by atoms with Crippen LogP contribution in [0, 0.1) is 6.92 Å². The third-order valence-electron chi connectivity index (χ3n) is 3.07. The van der Waals surface area contributed by atoms with E-state index in [4.69, 9.17) is 9.26 Å². The van der Waals surface area contributed by atoms with E-state index < -0.39 is 0 Å². The summed E-state index contributed by atoms with van der Waals surface area (Å²) in [6.45, 7) is 9.14. The molecule has 2 rings (SSSR count).